The van der Waals surface area contributed by atoms with Crippen molar-refractivity contribution in [3.63, 3.8) is 0 Å². The monoisotopic (exact) mass is 284 g/mol. The van der Waals surface area contributed by atoms with Crippen LogP contribution in [0.5, 0.6) is 5.75 Å². The maximum Gasteiger partial charge on any atom is 0.128 e. The maximum atomic E-state index is 6.11. The molecule has 0 spiro atoms. The summed E-state index contributed by atoms with van der Waals surface area (Å²) in [5, 5.41) is 4.88. The van der Waals surface area contributed by atoms with Crippen LogP contribution in [0.1, 0.15) is 5.56 Å². The highest BCUT2D eigenvalue weighted by Crippen LogP contribution is 2.33. The summed E-state index contributed by atoms with van der Waals surface area (Å²) >= 11 is 0. The van der Waals surface area contributed by atoms with Crippen LogP contribution in [0.4, 0.5) is 0 Å². The van der Waals surface area contributed by atoms with Gasteiger partial charge in [0.25, 0.3) is 0 Å². The molecule has 1 nitrogen and oxygen atoms in total. The van der Waals surface area contributed by atoms with E-state index in [1.165, 1.54) is 21.7 Å². The van der Waals surface area contributed by atoms with E-state index < -0.39 is 0 Å². The lowest BCUT2D eigenvalue weighted by Crippen LogP contribution is -1.96. The van der Waals surface area contributed by atoms with E-state index in [0.717, 1.165) is 11.1 Å². The molecule has 4 aromatic carbocycles. The highest BCUT2D eigenvalue weighted by atomic mass is 16.5. The Hall–Kier alpha value is -2.80. The summed E-state index contributed by atoms with van der Waals surface area (Å²) in [5.74, 6) is 0.943. The van der Waals surface area contributed by atoms with Gasteiger partial charge in [-0.2, -0.15) is 0 Å². The van der Waals surface area contributed by atoms with Crippen LogP contribution in [0, 0.1) is 0 Å². The van der Waals surface area contributed by atoms with Gasteiger partial charge in [-0.05, 0) is 27.8 Å². The molecule has 0 N–H and O–H groups in total. The molecule has 4 rings (SSSR count). The van der Waals surface area contributed by atoms with Crippen molar-refractivity contribution < 1.29 is 4.74 Å². The van der Waals surface area contributed by atoms with Gasteiger partial charge in [0.1, 0.15) is 12.4 Å². The van der Waals surface area contributed by atoms with E-state index in [-0.39, 0.29) is 0 Å². The number of hydrogen-bond donors (Lipinski definition) is 0. The Balaban J connectivity index is 1.81. The van der Waals surface area contributed by atoms with Crippen molar-refractivity contribution in [1.29, 1.82) is 0 Å². The molecule has 0 heterocycles. The molecule has 0 aliphatic heterocycles. The smallest absolute Gasteiger partial charge is 0.128 e. The third kappa shape index (κ3) is 2.31. The molecule has 106 valence electrons. The van der Waals surface area contributed by atoms with Crippen molar-refractivity contribution in [1.82, 2.24) is 0 Å². The maximum absolute atomic E-state index is 6.11. The molecule has 0 saturated heterocycles. The number of ether oxygens (including phenoxy) is 1. The molecule has 0 aliphatic rings. The molecule has 4 aromatic rings. The topological polar surface area (TPSA) is 9.23 Å². The zero-order valence-electron chi connectivity index (χ0n) is 12.2. The molecule has 0 fully saturated rings. The molecule has 1 heteroatoms. The minimum Gasteiger partial charge on any atom is -0.488 e. The summed E-state index contributed by atoms with van der Waals surface area (Å²) in [4.78, 5) is 0. The van der Waals surface area contributed by atoms with E-state index in [9.17, 15) is 0 Å². The molecule has 0 unspecified atom stereocenters. The zero-order chi connectivity index (χ0) is 14.8. The lowest BCUT2D eigenvalue weighted by molar-refractivity contribution is 0.310. The lowest BCUT2D eigenvalue weighted by Gasteiger charge is -2.12. The van der Waals surface area contributed by atoms with E-state index >= 15 is 0 Å². The normalized spacial score (nSPS) is 10.9. The van der Waals surface area contributed by atoms with Gasteiger partial charge in [0.2, 0.25) is 0 Å². The molecule has 0 radical (unpaired) electrons. The fourth-order valence-corrected chi connectivity index (χ4v) is 2.87. The predicted molar refractivity (Wildman–Crippen MR) is 92.2 cm³/mol. The van der Waals surface area contributed by atoms with Gasteiger partial charge in [-0.25, -0.2) is 0 Å². The summed E-state index contributed by atoms with van der Waals surface area (Å²) < 4.78 is 6.11. The molecule has 0 atom stereocenters. The van der Waals surface area contributed by atoms with Crippen LogP contribution in [0.15, 0.2) is 84.9 Å². The van der Waals surface area contributed by atoms with Crippen molar-refractivity contribution in [2.75, 3.05) is 0 Å². The quantitative estimate of drug-likeness (QED) is 0.447. The Morgan fingerprint density at radius 3 is 2.05 bits per heavy atom. The lowest BCUT2D eigenvalue weighted by atomic mass is 10.0. The Labute approximate surface area is 129 Å². The number of hydrogen-bond acceptors (Lipinski definition) is 1. The zero-order valence-corrected chi connectivity index (χ0v) is 12.2. The minimum atomic E-state index is 0.586. The van der Waals surface area contributed by atoms with E-state index in [4.69, 9.17) is 4.74 Å². The second kappa shape index (κ2) is 5.53. The third-order valence-electron chi connectivity index (χ3n) is 3.97. The standard InChI is InChI=1S/C21H16O/c1-2-8-16(9-3-1)15-22-21-14-17-10-4-5-11-18(17)19-12-6-7-13-20(19)21/h1-14H,15H2. The molecule has 0 aliphatic carbocycles. The first kappa shape index (κ1) is 12.9. The molecule has 0 aromatic heterocycles. The van der Waals surface area contributed by atoms with E-state index in [1.54, 1.807) is 0 Å². The SMILES string of the molecule is c1ccc(COc2cc3ccccc3c3ccccc23)cc1. The van der Waals surface area contributed by atoms with Crippen molar-refractivity contribution >= 4 is 21.5 Å². The van der Waals surface area contributed by atoms with Gasteiger partial charge in [-0.15, -0.1) is 0 Å². The summed E-state index contributed by atoms with van der Waals surface area (Å²) in [5.41, 5.74) is 1.18. The largest absolute Gasteiger partial charge is 0.488 e. The van der Waals surface area contributed by atoms with Gasteiger partial charge in [-0.1, -0.05) is 78.9 Å². The van der Waals surface area contributed by atoms with Gasteiger partial charge in [0.15, 0.2) is 0 Å². The van der Waals surface area contributed by atoms with Crippen LogP contribution in [-0.2, 0) is 6.61 Å². The van der Waals surface area contributed by atoms with Crippen LogP contribution >= 0.6 is 0 Å². The molecule has 22 heavy (non-hydrogen) atoms. The summed E-state index contributed by atoms with van der Waals surface area (Å²) in [6, 6.07) is 29.3. The van der Waals surface area contributed by atoms with Crippen LogP contribution in [-0.4, -0.2) is 0 Å². The van der Waals surface area contributed by atoms with Crippen LogP contribution in [0.3, 0.4) is 0 Å². The predicted octanol–water partition coefficient (Wildman–Crippen LogP) is 5.57. The van der Waals surface area contributed by atoms with Gasteiger partial charge < -0.3 is 4.74 Å². The van der Waals surface area contributed by atoms with Crippen LogP contribution in [0.2, 0.25) is 0 Å². The van der Waals surface area contributed by atoms with E-state index in [2.05, 4.69) is 66.7 Å². The van der Waals surface area contributed by atoms with Crippen molar-refractivity contribution in [3.8, 4) is 5.75 Å². The highest BCUT2D eigenvalue weighted by Gasteiger charge is 2.07. The van der Waals surface area contributed by atoms with Gasteiger partial charge in [0, 0.05) is 5.39 Å². The summed E-state index contributed by atoms with van der Waals surface area (Å²) in [7, 11) is 0. The fourth-order valence-electron chi connectivity index (χ4n) is 2.87. The number of rotatable bonds is 3. The Kier molecular flexibility index (Phi) is 3.24. The minimum absolute atomic E-state index is 0.586. The first-order chi connectivity index (χ1) is 10.9. The van der Waals surface area contributed by atoms with E-state index in [0.29, 0.717) is 6.61 Å². The molecular weight excluding hydrogens is 268 g/mol. The van der Waals surface area contributed by atoms with Crippen LogP contribution in [0.25, 0.3) is 21.5 Å². The Bertz CT molecular complexity index is 926. The second-order valence-corrected chi connectivity index (χ2v) is 5.42. The Morgan fingerprint density at radius 2 is 1.23 bits per heavy atom. The van der Waals surface area contributed by atoms with Crippen molar-refractivity contribution in [3.05, 3.63) is 90.5 Å². The first-order valence-electron chi connectivity index (χ1n) is 7.49. The highest BCUT2D eigenvalue weighted by molar-refractivity contribution is 6.10. The number of benzene rings is 4. The second-order valence-electron chi connectivity index (χ2n) is 5.42. The summed E-state index contributed by atoms with van der Waals surface area (Å²) in [6.07, 6.45) is 0. The van der Waals surface area contributed by atoms with Crippen molar-refractivity contribution in [2.24, 2.45) is 0 Å². The van der Waals surface area contributed by atoms with Gasteiger partial charge in [0.05, 0.1) is 0 Å². The van der Waals surface area contributed by atoms with E-state index in [1.807, 2.05) is 18.2 Å². The number of fused-ring (bicyclic) bond motifs is 3. The third-order valence-corrected chi connectivity index (χ3v) is 3.97. The molecule has 0 bridgehead atoms. The van der Waals surface area contributed by atoms with Gasteiger partial charge in [-0.3, -0.25) is 0 Å². The summed E-state index contributed by atoms with van der Waals surface area (Å²) in [6.45, 7) is 0.586. The van der Waals surface area contributed by atoms with Gasteiger partial charge >= 0.3 is 0 Å². The first-order valence-corrected chi connectivity index (χ1v) is 7.49. The van der Waals surface area contributed by atoms with Crippen LogP contribution < -0.4 is 4.74 Å². The average molecular weight is 284 g/mol. The van der Waals surface area contributed by atoms with Crippen molar-refractivity contribution in [2.45, 2.75) is 6.61 Å². The molecule has 0 amide bonds. The average Bonchev–Trinajstić information content (AvgIpc) is 2.60. The molecule has 0 saturated carbocycles. The Morgan fingerprint density at radius 1 is 0.591 bits per heavy atom. The molecular formula is C21H16O. The fraction of sp³-hybridized carbons (Fsp3) is 0.0476.